The van der Waals surface area contributed by atoms with E-state index in [1.54, 1.807) is 47.8 Å². The van der Waals surface area contributed by atoms with Gasteiger partial charge >= 0.3 is 5.97 Å². The van der Waals surface area contributed by atoms with Gasteiger partial charge in [-0.25, -0.2) is 4.39 Å². The van der Waals surface area contributed by atoms with E-state index >= 15 is 0 Å². The van der Waals surface area contributed by atoms with Crippen molar-refractivity contribution in [3.05, 3.63) is 71.4 Å². The molecule has 4 amide bonds. The summed E-state index contributed by atoms with van der Waals surface area (Å²) in [7, 11) is 0. The number of carboxylic acid groups (broad SMARTS) is 1. The van der Waals surface area contributed by atoms with Crippen molar-refractivity contribution in [1.82, 2.24) is 61.3 Å². The Morgan fingerprint density at radius 3 is 2.17 bits per heavy atom. The Morgan fingerprint density at radius 2 is 1.51 bits per heavy atom. The number of aliphatic carboxylic acids is 1. The summed E-state index contributed by atoms with van der Waals surface area (Å²) in [5.41, 5.74) is 9.98. The van der Waals surface area contributed by atoms with E-state index < -0.39 is 35.5 Å². The highest BCUT2D eigenvalue weighted by Crippen LogP contribution is 2.30. The molecule has 0 bridgehead atoms. The summed E-state index contributed by atoms with van der Waals surface area (Å²) in [4.78, 5) is 102. The maximum atomic E-state index is 14.6. The van der Waals surface area contributed by atoms with Gasteiger partial charge in [0.2, 0.25) is 17.7 Å². The van der Waals surface area contributed by atoms with E-state index in [0.717, 1.165) is 41.7 Å². The molecule has 3 atom stereocenters. The molecule has 1 aromatic heterocycles. The third-order valence-electron chi connectivity index (χ3n) is 14.8. The van der Waals surface area contributed by atoms with Crippen LogP contribution in [0.1, 0.15) is 73.4 Å². The number of hydrogen-bond acceptors (Lipinski definition) is 22. The topological polar surface area (TPSA) is 321 Å². The number of nitrogens with one attached hydrogen (secondary N) is 5. The Bertz CT molecular complexity index is 2810. The number of halogens is 1. The number of alkyl halides is 1. The minimum atomic E-state index is -1.67. The third-order valence-corrected chi connectivity index (χ3v) is 14.8. The monoisotopic (exact) mass is 1200 g/mol. The van der Waals surface area contributed by atoms with E-state index in [2.05, 4.69) is 47.2 Å². The zero-order chi connectivity index (χ0) is 61.5. The highest BCUT2D eigenvalue weighted by molar-refractivity contribution is 6.07. The van der Waals surface area contributed by atoms with Crippen LogP contribution >= 0.6 is 0 Å². The maximum absolute atomic E-state index is 14.6. The highest BCUT2D eigenvalue weighted by atomic mass is 19.1. The normalized spacial score (nSPS) is 19.3. The van der Waals surface area contributed by atoms with Gasteiger partial charge in [0.1, 0.15) is 37.6 Å². The van der Waals surface area contributed by atoms with E-state index in [0.29, 0.717) is 113 Å². The minimum absolute atomic E-state index is 0.00226. The fourth-order valence-electron chi connectivity index (χ4n) is 10.1. The van der Waals surface area contributed by atoms with E-state index in [1.807, 2.05) is 56.9 Å². The van der Waals surface area contributed by atoms with E-state index in [1.165, 1.54) is 13.1 Å². The number of piperidine rings is 1. The number of hydrazone groups is 3. The summed E-state index contributed by atoms with van der Waals surface area (Å²) in [5, 5.41) is 38.1. The number of pyridine rings is 1. The number of fused-ring (bicyclic) bond motifs is 1. The van der Waals surface area contributed by atoms with Gasteiger partial charge in [-0.05, 0) is 75.3 Å². The lowest BCUT2D eigenvalue weighted by atomic mass is 9.92. The molecule has 6 rings (SSSR count). The van der Waals surface area contributed by atoms with Crippen LogP contribution in [0.5, 0.6) is 5.75 Å². The molecule has 6 N–H and O–H groups in total. The number of hydrogen-bond donors (Lipinski definition) is 6. The number of carbonyl (C=O) groups is 7. The number of aromatic nitrogens is 1. The molecular formula is C58H81FN16O11. The lowest BCUT2D eigenvalue weighted by Crippen LogP contribution is -2.50. The molecule has 86 heavy (non-hydrogen) atoms. The lowest BCUT2D eigenvalue weighted by molar-refractivity contribution is -0.139. The van der Waals surface area contributed by atoms with Crippen molar-refractivity contribution in [3.63, 3.8) is 0 Å². The van der Waals surface area contributed by atoms with Gasteiger partial charge in [-0.3, -0.25) is 69.0 Å². The third kappa shape index (κ3) is 23.6. The first kappa shape index (κ1) is 66.7. The van der Waals surface area contributed by atoms with Crippen LogP contribution in [-0.2, 0) is 38.2 Å². The molecule has 0 saturated carbocycles. The summed E-state index contributed by atoms with van der Waals surface area (Å²) in [6.07, 6.45) is 10.1. The van der Waals surface area contributed by atoms with Gasteiger partial charge in [0.05, 0.1) is 62.2 Å². The van der Waals surface area contributed by atoms with E-state index in [9.17, 15) is 48.3 Å². The summed E-state index contributed by atoms with van der Waals surface area (Å²) < 4.78 is 30.7. The number of benzene rings is 2. The SMILES string of the molecule is Cc1ccc(/C=N/NCN/N=C/CC(/C=N\NCCC(=O)N2CCC(CCCOc3ccc4nccc(C(=O)NCC(=O)N5CC(C)(F)C[C@@H]5C#N)c4c3)CC2)NC(=O)CN2CCN(COC=O)CCN(COC=O)CCN(CC(=O)O)CC2)cc1. The molecule has 2 unspecified atom stereocenters. The summed E-state index contributed by atoms with van der Waals surface area (Å²) in [6.45, 7) is 8.41. The van der Waals surface area contributed by atoms with Crippen LogP contribution in [0.15, 0.2) is 70.0 Å². The summed E-state index contributed by atoms with van der Waals surface area (Å²) in [5.74, 6) is -1.43. The largest absolute Gasteiger partial charge is 0.494 e. The second-order valence-corrected chi connectivity index (χ2v) is 21.6. The van der Waals surface area contributed by atoms with Crippen molar-refractivity contribution in [2.45, 2.75) is 76.5 Å². The van der Waals surface area contributed by atoms with Crippen molar-refractivity contribution < 1.29 is 57.3 Å². The molecule has 4 heterocycles. The van der Waals surface area contributed by atoms with Gasteiger partial charge in [-0.15, -0.1) is 0 Å². The van der Waals surface area contributed by atoms with Crippen LogP contribution in [0.3, 0.4) is 0 Å². The first-order valence-corrected chi connectivity index (χ1v) is 28.9. The van der Waals surface area contributed by atoms with Gasteiger partial charge in [0, 0.05) is 115 Å². The van der Waals surface area contributed by atoms with Gasteiger partial charge in [0.15, 0.2) is 0 Å². The second-order valence-electron chi connectivity index (χ2n) is 21.6. The zero-order valence-corrected chi connectivity index (χ0v) is 49.0. The molecule has 0 radical (unpaired) electrons. The molecule has 0 aliphatic carbocycles. The summed E-state index contributed by atoms with van der Waals surface area (Å²) >= 11 is 0. The van der Waals surface area contributed by atoms with Crippen LogP contribution in [-0.4, -0.2) is 243 Å². The Balaban J connectivity index is 0.952. The second kappa shape index (κ2) is 35.8. The molecule has 3 fully saturated rings. The van der Waals surface area contributed by atoms with Crippen LogP contribution < -0.4 is 31.6 Å². The Kier molecular flexibility index (Phi) is 27.8. The molecule has 3 aliphatic rings. The number of nitriles is 1. The quantitative estimate of drug-likeness (QED) is 0.0173. The minimum Gasteiger partial charge on any atom is -0.494 e. The molecular weight excluding hydrogens is 1120 g/mol. The first-order chi connectivity index (χ1) is 41.6. The summed E-state index contributed by atoms with van der Waals surface area (Å²) in [6, 6.07) is 15.2. The number of aryl methyl sites for hydroxylation is 1. The number of nitrogens with zero attached hydrogens (tertiary/aromatic N) is 11. The fraction of sp³-hybridized carbons (Fsp3) is 0.552. The van der Waals surface area contributed by atoms with Crippen molar-refractivity contribution in [2.75, 3.05) is 125 Å². The van der Waals surface area contributed by atoms with Crippen molar-refractivity contribution >= 4 is 72.1 Å². The van der Waals surface area contributed by atoms with E-state index in [4.69, 9.17) is 14.2 Å². The number of carboxylic acids is 1. The molecule has 3 aliphatic heterocycles. The first-order valence-electron chi connectivity index (χ1n) is 28.9. The van der Waals surface area contributed by atoms with Crippen LogP contribution in [0, 0.1) is 24.2 Å². The smallest absolute Gasteiger partial charge is 0.317 e. The Hall–Kier alpha value is -8.39. The maximum Gasteiger partial charge on any atom is 0.317 e. The number of ether oxygens (including phenoxy) is 3. The molecule has 28 heteroatoms. The van der Waals surface area contributed by atoms with Crippen LogP contribution in [0.2, 0.25) is 0 Å². The predicted molar refractivity (Wildman–Crippen MR) is 317 cm³/mol. The molecule has 27 nitrogen and oxygen atoms in total. The van der Waals surface area contributed by atoms with Crippen LogP contribution in [0.4, 0.5) is 4.39 Å². The molecule has 0 spiro atoms. The van der Waals surface area contributed by atoms with Gasteiger partial charge in [-0.1, -0.05) is 29.8 Å². The van der Waals surface area contributed by atoms with Crippen LogP contribution in [0.25, 0.3) is 10.9 Å². The molecule has 3 saturated heterocycles. The lowest BCUT2D eigenvalue weighted by Gasteiger charge is -2.33. The number of likely N-dealkylation sites (tertiary alicyclic amines) is 2. The Morgan fingerprint density at radius 1 is 0.849 bits per heavy atom. The number of amides is 4. The van der Waals surface area contributed by atoms with Crippen molar-refractivity contribution in [3.8, 4) is 11.8 Å². The zero-order valence-electron chi connectivity index (χ0n) is 49.0. The van der Waals surface area contributed by atoms with Gasteiger partial charge in [-0.2, -0.15) is 20.6 Å². The predicted octanol–water partition coefficient (Wildman–Crippen LogP) is 1.09. The average molecular weight is 1200 g/mol. The molecule has 466 valence electrons. The average Bonchev–Trinajstić information content (AvgIpc) is 3.85. The van der Waals surface area contributed by atoms with E-state index in [-0.39, 0.29) is 83.9 Å². The van der Waals surface area contributed by atoms with Gasteiger partial charge < -0.3 is 45.2 Å². The number of rotatable bonds is 31. The molecule has 3 aromatic rings. The Labute approximate surface area is 500 Å². The van der Waals surface area contributed by atoms with Gasteiger partial charge in [0.25, 0.3) is 18.9 Å². The number of carbonyl (C=O) groups excluding carboxylic acids is 6. The fourth-order valence-corrected chi connectivity index (χ4v) is 10.1. The van der Waals surface area contributed by atoms with Crippen molar-refractivity contribution in [1.29, 1.82) is 5.26 Å². The standard InChI is InChI=1S/C58H81FN16O11/c1-44-5-7-46(8-6-44)33-65-68-39-67-64-17-11-47(69-53(78)36-70-21-22-71(37-56(81)82)24-26-73(41-85-43-77)28-27-72(25-23-70)40-84-42-76)34-66-63-18-13-54(79)74-19-14-45(15-20-74)4-3-29-86-49-9-10-52-51(30-49)50(12-16-61-52)57(83)62-35-55(80)75-38-58(2,59)31-48(75)32-60/h5-10,12,16-17,30,33-34,42-43,45,47-48,63,67-68H,3-4,11,13-15,18-29,31,35-41H2,1-2H3,(H,62,83)(H,69,78)(H,81,82)/b64-17+,65-33+,66-34-/t47?,48-,58?/m1/s1. The van der Waals surface area contributed by atoms with Crippen molar-refractivity contribution in [2.24, 2.45) is 21.2 Å². The molecule has 2 aromatic carbocycles. The highest BCUT2D eigenvalue weighted by Gasteiger charge is 2.43.